The van der Waals surface area contributed by atoms with Crippen LogP contribution in [0, 0.1) is 0 Å². The van der Waals surface area contributed by atoms with E-state index in [2.05, 4.69) is 31.6 Å². The molecule has 150 valence electrons. The van der Waals surface area contributed by atoms with Crippen LogP contribution in [0.4, 0.5) is 5.82 Å². The van der Waals surface area contributed by atoms with Crippen molar-refractivity contribution in [3.63, 3.8) is 0 Å². The van der Waals surface area contributed by atoms with Gasteiger partial charge in [-0.05, 0) is 24.1 Å². The molecule has 2 aromatic rings. The van der Waals surface area contributed by atoms with E-state index in [4.69, 9.17) is 4.74 Å². The molecule has 1 N–H and O–H groups in total. The van der Waals surface area contributed by atoms with Gasteiger partial charge in [-0.2, -0.15) is 0 Å². The Morgan fingerprint density at radius 2 is 1.86 bits per heavy atom. The van der Waals surface area contributed by atoms with E-state index in [0.717, 1.165) is 38.4 Å². The molecule has 2 fully saturated rings. The van der Waals surface area contributed by atoms with Crippen molar-refractivity contribution in [1.82, 2.24) is 14.6 Å². The van der Waals surface area contributed by atoms with E-state index in [1.807, 2.05) is 18.2 Å². The van der Waals surface area contributed by atoms with Crippen molar-refractivity contribution in [2.45, 2.75) is 23.9 Å². The van der Waals surface area contributed by atoms with E-state index >= 15 is 0 Å². The number of benzene rings is 1. The monoisotopic (exact) mass is 402 g/mol. The molecule has 28 heavy (non-hydrogen) atoms. The van der Waals surface area contributed by atoms with Gasteiger partial charge in [0.05, 0.1) is 13.2 Å². The number of nitrogens with zero attached hydrogens (tertiary/aromatic N) is 3. The lowest BCUT2D eigenvalue weighted by Crippen LogP contribution is -2.37. The van der Waals surface area contributed by atoms with Crippen LogP contribution in [0.3, 0.4) is 0 Å². The standard InChI is InChI=1S/C20H26N4O3S/c25-28(26,19-6-7-20(21-14-19)24-10-12-27-13-11-24)22-18-8-9-23(16-18)15-17-4-2-1-3-5-17/h1-7,14,18,22H,8-13,15-16H2. The zero-order valence-electron chi connectivity index (χ0n) is 15.8. The summed E-state index contributed by atoms with van der Waals surface area (Å²) in [7, 11) is -3.57. The zero-order valence-corrected chi connectivity index (χ0v) is 16.6. The van der Waals surface area contributed by atoms with Gasteiger partial charge in [0.1, 0.15) is 10.7 Å². The summed E-state index contributed by atoms with van der Waals surface area (Å²) >= 11 is 0. The van der Waals surface area contributed by atoms with Gasteiger partial charge in [0, 0.05) is 45.0 Å². The van der Waals surface area contributed by atoms with E-state index in [1.54, 1.807) is 12.1 Å². The first-order valence-electron chi connectivity index (χ1n) is 9.67. The molecule has 2 saturated heterocycles. The third-order valence-electron chi connectivity index (χ3n) is 5.21. The van der Waals surface area contributed by atoms with Crippen LogP contribution in [-0.2, 0) is 21.3 Å². The minimum absolute atomic E-state index is 0.0763. The Morgan fingerprint density at radius 1 is 1.07 bits per heavy atom. The fraction of sp³-hybridized carbons (Fsp3) is 0.450. The van der Waals surface area contributed by atoms with Gasteiger partial charge in [-0.1, -0.05) is 30.3 Å². The van der Waals surface area contributed by atoms with E-state index < -0.39 is 10.0 Å². The number of likely N-dealkylation sites (tertiary alicyclic amines) is 1. The Labute approximate surface area is 166 Å². The molecular weight excluding hydrogens is 376 g/mol. The number of ether oxygens (including phenoxy) is 1. The van der Waals surface area contributed by atoms with Crippen molar-refractivity contribution in [2.24, 2.45) is 0 Å². The maximum atomic E-state index is 12.7. The fourth-order valence-electron chi connectivity index (χ4n) is 3.71. The summed E-state index contributed by atoms with van der Waals surface area (Å²) < 4.78 is 33.7. The van der Waals surface area contributed by atoms with Crippen molar-refractivity contribution in [3.8, 4) is 0 Å². The molecule has 0 bridgehead atoms. The fourth-order valence-corrected chi connectivity index (χ4v) is 4.92. The first kappa shape index (κ1) is 19.3. The van der Waals surface area contributed by atoms with Crippen LogP contribution < -0.4 is 9.62 Å². The lowest BCUT2D eigenvalue weighted by atomic mass is 10.2. The van der Waals surface area contributed by atoms with Crippen LogP contribution in [0.5, 0.6) is 0 Å². The van der Waals surface area contributed by atoms with Gasteiger partial charge >= 0.3 is 0 Å². The summed E-state index contributed by atoms with van der Waals surface area (Å²) in [5, 5.41) is 0. The molecule has 1 atom stereocenters. The molecule has 0 radical (unpaired) electrons. The molecule has 0 spiro atoms. The second-order valence-electron chi connectivity index (χ2n) is 7.28. The third-order valence-corrected chi connectivity index (χ3v) is 6.72. The molecule has 0 aliphatic carbocycles. The summed E-state index contributed by atoms with van der Waals surface area (Å²) in [4.78, 5) is 8.95. The normalized spacial score (nSPS) is 21.1. The smallest absolute Gasteiger partial charge is 0.242 e. The number of aromatic nitrogens is 1. The van der Waals surface area contributed by atoms with Crippen molar-refractivity contribution in [2.75, 3.05) is 44.3 Å². The molecule has 2 aliphatic rings. The van der Waals surface area contributed by atoms with Gasteiger partial charge in [-0.3, -0.25) is 4.90 Å². The lowest BCUT2D eigenvalue weighted by Gasteiger charge is -2.27. The molecular formula is C20H26N4O3S. The lowest BCUT2D eigenvalue weighted by molar-refractivity contribution is 0.122. The van der Waals surface area contributed by atoms with Gasteiger partial charge < -0.3 is 9.64 Å². The van der Waals surface area contributed by atoms with Gasteiger partial charge in [0.25, 0.3) is 0 Å². The number of anilines is 1. The molecule has 0 amide bonds. The summed E-state index contributed by atoms with van der Waals surface area (Å²) in [6.45, 7) is 5.33. The summed E-state index contributed by atoms with van der Waals surface area (Å²) in [6.07, 6.45) is 2.26. The van der Waals surface area contributed by atoms with Crippen molar-refractivity contribution >= 4 is 15.8 Å². The maximum absolute atomic E-state index is 12.7. The minimum atomic E-state index is -3.57. The highest BCUT2D eigenvalue weighted by Crippen LogP contribution is 2.18. The van der Waals surface area contributed by atoms with Crippen molar-refractivity contribution in [1.29, 1.82) is 0 Å². The van der Waals surface area contributed by atoms with Crippen LogP contribution in [-0.4, -0.2) is 63.7 Å². The summed E-state index contributed by atoms with van der Waals surface area (Å²) in [6, 6.07) is 13.6. The summed E-state index contributed by atoms with van der Waals surface area (Å²) in [5.41, 5.74) is 1.24. The van der Waals surface area contributed by atoms with Crippen LogP contribution in [0.1, 0.15) is 12.0 Å². The number of morpholine rings is 1. The molecule has 1 aromatic heterocycles. The van der Waals surface area contributed by atoms with Crippen molar-refractivity contribution < 1.29 is 13.2 Å². The van der Waals surface area contributed by atoms with Crippen LogP contribution in [0.2, 0.25) is 0 Å². The molecule has 0 saturated carbocycles. The average molecular weight is 403 g/mol. The van der Waals surface area contributed by atoms with Crippen LogP contribution in [0.25, 0.3) is 0 Å². The second-order valence-corrected chi connectivity index (χ2v) is 8.99. The first-order chi connectivity index (χ1) is 13.6. The van der Waals surface area contributed by atoms with Gasteiger partial charge in [0.15, 0.2) is 0 Å². The van der Waals surface area contributed by atoms with E-state index in [-0.39, 0.29) is 10.9 Å². The maximum Gasteiger partial charge on any atom is 0.242 e. The molecule has 2 aliphatic heterocycles. The molecule has 1 unspecified atom stereocenters. The predicted octanol–water partition coefficient (Wildman–Crippen LogP) is 1.47. The quantitative estimate of drug-likeness (QED) is 0.789. The molecule has 1 aromatic carbocycles. The Bertz CT molecular complexity index is 868. The Hall–Kier alpha value is -2.00. The second kappa shape index (κ2) is 8.57. The number of sulfonamides is 1. The van der Waals surface area contributed by atoms with Gasteiger partial charge in [-0.15, -0.1) is 0 Å². The first-order valence-corrected chi connectivity index (χ1v) is 11.2. The average Bonchev–Trinajstić information content (AvgIpc) is 3.15. The number of hydrogen-bond donors (Lipinski definition) is 1. The third kappa shape index (κ3) is 4.70. The van der Waals surface area contributed by atoms with Crippen LogP contribution in [0.15, 0.2) is 53.6 Å². The summed E-state index contributed by atoms with van der Waals surface area (Å²) in [5.74, 6) is 0.789. The van der Waals surface area contributed by atoms with Crippen LogP contribution >= 0.6 is 0 Å². The Morgan fingerprint density at radius 3 is 2.57 bits per heavy atom. The number of rotatable bonds is 6. The minimum Gasteiger partial charge on any atom is -0.378 e. The highest BCUT2D eigenvalue weighted by atomic mass is 32.2. The zero-order chi connectivity index (χ0) is 19.4. The molecule has 8 heteroatoms. The SMILES string of the molecule is O=S(=O)(NC1CCN(Cc2ccccc2)C1)c1ccc(N2CCOCC2)nc1. The van der Waals surface area contributed by atoms with E-state index in [1.165, 1.54) is 11.8 Å². The Kier molecular flexibility index (Phi) is 5.91. The highest BCUT2D eigenvalue weighted by Gasteiger charge is 2.27. The van der Waals surface area contributed by atoms with Gasteiger partial charge in [0.2, 0.25) is 10.0 Å². The van der Waals surface area contributed by atoms with Crippen molar-refractivity contribution in [3.05, 3.63) is 54.2 Å². The number of hydrogen-bond acceptors (Lipinski definition) is 6. The molecule has 3 heterocycles. The highest BCUT2D eigenvalue weighted by molar-refractivity contribution is 7.89. The molecule has 7 nitrogen and oxygen atoms in total. The van der Waals surface area contributed by atoms with E-state index in [9.17, 15) is 8.42 Å². The number of pyridine rings is 1. The van der Waals surface area contributed by atoms with Gasteiger partial charge in [-0.25, -0.2) is 18.1 Å². The topological polar surface area (TPSA) is 74.8 Å². The molecule has 4 rings (SSSR count). The Balaban J connectivity index is 1.35. The number of nitrogens with one attached hydrogen (secondary N) is 1. The van der Waals surface area contributed by atoms with E-state index in [0.29, 0.717) is 19.8 Å². The largest absolute Gasteiger partial charge is 0.378 e. The predicted molar refractivity (Wildman–Crippen MR) is 108 cm³/mol.